The lowest BCUT2D eigenvalue weighted by atomic mass is 9.90. The second-order valence-corrected chi connectivity index (χ2v) is 9.32. The zero-order valence-corrected chi connectivity index (χ0v) is 19.9. The van der Waals surface area contributed by atoms with Crippen LogP contribution in [0.15, 0.2) is 52.0 Å². The molecule has 7 nitrogen and oxygen atoms in total. The van der Waals surface area contributed by atoms with Gasteiger partial charge in [0.25, 0.3) is 0 Å². The Morgan fingerprint density at radius 3 is 2.65 bits per heavy atom. The van der Waals surface area contributed by atoms with Gasteiger partial charge in [-0.05, 0) is 75.7 Å². The predicted octanol–water partition coefficient (Wildman–Crippen LogP) is 5.00. The molecule has 1 N–H and O–H groups in total. The summed E-state index contributed by atoms with van der Waals surface area (Å²) in [7, 11) is 0. The Morgan fingerprint density at radius 1 is 1.12 bits per heavy atom. The minimum Gasteiger partial charge on any atom is -0.492 e. The second kappa shape index (κ2) is 9.97. The maximum atomic E-state index is 11.7. The van der Waals surface area contributed by atoms with Crippen molar-refractivity contribution in [1.29, 1.82) is 0 Å². The van der Waals surface area contributed by atoms with E-state index in [1.54, 1.807) is 0 Å². The van der Waals surface area contributed by atoms with Crippen LogP contribution in [0.2, 0.25) is 0 Å². The van der Waals surface area contributed by atoms with Gasteiger partial charge in [-0.3, -0.25) is 9.69 Å². The van der Waals surface area contributed by atoms with Gasteiger partial charge in [-0.25, -0.2) is 10.4 Å². The molecule has 2 aliphatic heterocycles. The number of benzene rings is 2. The van der Waals surface area contributed by atoms with Gasteiger partial charge >= 0.3 is 0 Å². The molecule has 3 aromatic rings. The first-order valence-electron chi connectivity index (χ1n) is 12.4. The van der Waals surface area contributed by atoms with E-state index < -0.39 is 0 Å². The minimum absolute atomic E-state index is 0.0352. The molecule has 178 valence electrons. The summed E-state index contributed by atoms with van der Waals surface area (Å²) in [6.45, 7) is 7.34. The Balaban J connectivity index is 1.28. The number of carbonyl (C=O) groups excluding carboxylic acids is 1. The fourth-order valence-corrected chi connectivity index (χ4v) is 4.80. The summed E-state index contributed by atoms with van der Waals surface area (Å²) < 4.78 is 12.1. The molecule has 1 fully saturated rings. The number of oxazole rings is 1. The number of piperidine rings is 1. The highest BCUT2D eigenvalue weighted by atomic mass is 16.5. The fraction of sp³-hybridized carbons (Fsp3) is 0.444. The van der Waals surface area contributed by atoms with Gasteiger partial charge in [0, 0.05) is 29.5 Å². The molecular weight excluding hydrogens is 428 g/mol. The van der Waals surface area contributed by atoms with Gasteiger partial charge in [-0.1, -0.05) is 19.4 Å². The maximum Gasteiger partial charge on any atom is 0.240 e. The highest BCUT2D eigenvalue weighted by Gasteiger charge is 2.25. The number of ether oxygens (including phenoxy) is 1. The van der Waals surface area contributed by atoms with E-state index >= 15 is 0 Å². The van der Waals surface area contributed by atoms with Crippen molar-refractivity contribution in [3.05, 3.63) is 48.0 Å². The molecule has 34 heavy (non-hydrogen) atoms. The monoisotopic (exact) mass is 460 g/mol. The fourth-order valence-electron chi connectivity index (χ4n) is 4.80. The van der Waals surface area contributed by atoms with E-state index in [4.69, 9.17) is 9.15 Å². The van der Waals surface area contributed by atoms with Crippen molar-refractivity contribution < 1.29 is 13.9 Å². The molecule has 3 heterocycles. The Kier molecular flexibility index (Phi) is 6.63. The number of carbonyl (C=O) groups is 1. The Labute approximate surface area is 200 Å². The number of hydrogen-bond donors (Lipinski definition) is 1. The van der Waals surface area contributed by atoms with Gasteiger partial charge in [0.05, 0.1) is 5.71 Å². The minimum atomic E-state index is -0.0352. The number of amides is 1. The van der Waals surface area contributed by atoms with Crippen LogP contribution in [-0.4, -0.2) is 47.2 Å². The van der Waals surface area contributed by atoms with E-state index in [0.717, 1.165) is 34.5 Å². The van der Waals surface area contributed by atoms with Crippen molar-refractivity contribution in [2.24, 2.45) is 11.0 Å². The standard InChI is InChI=1S/C27H32N4O3/c1-3-19-16-25(32)29-30-26(19)21-9-12-23-24(15-21)34-27(28-23)20-7-10-22(11-8-20)33-17-18(2)31-13-5-4-6-14-31/h7-12,15,18-19H,3-6,13-14,16-17H2,1-2H3,(H,29,32)/t18?,19-/m1/s1. The quantitative estimate of drug-likeness (QED) is 0.537. The molecule has 0 spiro atoms. The van der Waals surface area contributed by atoms with Crippen LogP contribution in [-0.2, 0) is 4.79 Å². The number of nitrogens with zero attached hydrogens (tertiary/aromatic N) is 3. The second-order valence-electron chi connectivity index (χ2n) is 9.32. The average molecular weight is 461 g/mol. The van der Waals surface area contributed by atoms with Gasteiger partial charge in [0.2, 0.25) is 11.8 Å². The van der Waals surface area contributed by atoms with E-state index in [1.807, 2.05) is 42.5 Å². The molecule has 2 aliphatic rings. The zero-order valence-electron chi connectivity index (χ0n) is 19.9. The van der Waals surface area contributed by atoms with Crippen LogP contribution >= 0.6 is 0 Å². The molecule has 0 aliphatic carbocycles. The molecule has 0 radical (unpaired) electrons. The van der Waals surface area contributed by atoms with Crippen LogP contribution < -0.4 is 10.2 Å². The predicted molar refractivity (Wildman–Crippen MR) is 133 cm³/mol. The molecule has 1 aromatic heterocycles. The summed E-state index contributed by atoms with van der Waals surface area (Å²) >= 11 is 0. The molecule has 2 aromatic carbocycles. The molecule has 0 saturated carbocycles. The first kappa shape index (κ1) is 22.6. The zero-order chi connectivity index (χ0) is 23.5. The Morgan fingerprint density at radius 2 is 1.88 bits per heavy atom. The summed E-state index contributed by atoms with van der Waals surface area (Å²) in [6.07, 6.45) is 5.23. The van der Waals surface area contributed by atoms with Crippen molar-refractivity contribution in [1.82, 2.24) is 15.3 Å². The summed E-state index contributed by atoms with van der Waals surface area (Å²) in [6, 6.07) is 14.2. The van der Waals surface area contributed by atoms with Gasteiger partial charge < -0.3 is 9.15 Å². The SMILES string of the molecule is CC[C@@H]1CC(=O)NN=C1c1ccc2nc(-c3ccc(OCC(C)N4CCCCC4)cc3)oc2c1. The van der Waals surface area contributed by atoms with Gasteiger partial charge in [0.15, 0.2) is 5.58 Å². The third-order valence-corrected chi connectivity index (χ3v) is 6.90. The van der Waals surface area contributed by atoms with E-state index in [9.17, 15) is 4.79 Å². The number of rotatable bonds is 7. The van der Waals surface area contributed by atoms with Gasteiger partial charge in [-0.2, -0.15) is 5.10 Å². The van der Waals surface area contributed by atoms with Crippen LogP contribution in [0.4, 0.5) is 0 Å². The van der Waals surface area contributed by atoms with Crippen LogP contribution in [0.5, 0.6) is 5.75 Å². The Bertz CT molecular complexity index is 1180. The smallest absolute Gasteiger partial charge is 0.240 e. The molecule has 7 heteroatoms. The first-order valence-corrected chi connectivity index (χ1v) is 12.4. The van der Waals surface area contributed by atoms with Crippen LogP contribution in [0.1, 0.15) is 51.5 Å². The lowest BCUT2D eigenvalue weighted by molar-refractivity contribution is -0.122. The summed E-state index contributed by atoms with van der Waals surface area (Å²) in [5.74, 6) is 1.51. The van der Waals surface area contributed by atoms with Crippen molar-refractivity contribution in [3.8, 4) is 17.2 Å². The van der Waals surface area contributed by atoms with Crippen LogP contribution in [0, 0.1) is 5.92 Å². The lowest BCUT2D eigenvalue weighted by Gasteiger charge is -2.32. The van der Waals surface area contributed by atoms with Gasteiger partial charge in [-0.15, -0.1) is 0 Å². The summed E-state index contributed by atoms with van der Waals surface area (Å²) in [5, 5.41) is 4.31. The molecule has 1 unspecified atom stereocenters. The Hall–Kier alpha value is -3.19. The third kappa shape index (κ3) is 4.85. The number of hydrazone groups is 1. The highest BCUT2D eigenvalue weighted by Crippen LogP contribution is 2.28. The van der Waals surface area contributed by atoms with E-state index in [-0.39, 0.29) is 11.8 Å². The number of likely N-dealkylation sites (tertiary alicyclic amines) is 1. The topological polar surface area (TPSA) is 80.0 Å². The van der Waals surface area contributed by atoms with Crippen molar-refractivity contribution in [2.75, 3.05) is 19.7 Å². The number of hydrogen-bond acceptors (Lipinski definition) is 6. The number of fused-ring (bicyclic) bond motifs is 1. The molecule has 5 rings (SSSR count). The van der Waals surface area contributed by atoms with Crippen LogP contribution in [0.3, 0.4) is 0 Å². The lowest BCUT2D eigenvalue weighted by Crippen LogP contribution is -2.40. The maximum absolute atomic E-state index is 11.7. The average Bonchev–Trinajstić information content (AvgIpc) is 3.31. The summed E-state index contributed by atoms with van der Waals surface area (Å²) in [5.41, 5.74) is 6.85. The molecule has 2 atom stereocenters. The number of aromatic nitrogens is 1. The first-order chi connectivity index (χ1) is 16.6. The number of nitrogens with one attached hydrogen (secondary N) is 1. The normalized spacial score (nSPS) is 20.1. The van der Waals surface area contributed by atoms with Crippen molar-refractivity contribution in [2.45, 2.75) is 52.0 Å². The molecule has 0 bridgehead atoms. The van der Waals surface area contributed by atoms with E-state index in [1.165, 1.54) is 32.4 Å². The molecular formula is C27H32N4O3. The van der Waals surface area contributed by atoms with Crippen molar-refractivity contribution in [3.63, 3.8) is 0 Å². The third-order valence-electron chi connectivity index (χ3n) is 6.90. The van der Waals surface area contributed by atoms with Crippen LogP contribution in [0.25, 0.3) is 22.6 Å². The summed E-state index contributed by atoms with van der Waals surface area (Å²) in [4.78, 5) is 18.9. The highest BCUT2D eigenvalue weighted by molar-refractivity contribution is 6.07. The molecule has 1 saturated heterocycles. The van der Waals surface area contributed by atoms with Crippen molar-refractivity contribution >= 4 is 22.7 Å². The largest absolute Gasteiger partial charge is 0.492 e. The van der Waals surface area contributed by atoms with E-state index in [2.05, 4.69) is 34.3 Å². The van der Waals surface area contributed by atoms with Gasteiger partial charge in [0.1, 0.15) is 17.9 Å². The van der Waals surface area contributed by atoms with E-state index in [0.29, 0.717) is 30.5 Å². The molecule has 1 amide bonds.